The van der Waals surface area contributed by atoms with E-state index in [-0.39, 0.29) is 16.0 Å². The largest absolute Gasteiger partial charge is 0.476 e. The van der Waals surface area contributed by atoms with Gasteiger partial charge in [-0.3, -0.25) is 0 Å². The van der Waals surface area contributed by atoms with Crippen LogP contribution < -0.4 is 0 Å². The number of aliphatic hydroxyl groups is 1. The highest BCUT2D eigenvalue weighted by atomic mass is 79.9. The second-order valence-corrected chi connectivity index (χ2v) is 3.40. The van der Waals surface area contributed by atoms with Crippen molar-refractivity contribution < 1.29 is 15.0 Å². The summed E-state index contributed by atoms with van der Waals surface area (Å²) in [7, 11) is 0. The molecule has 1 aromatic heterocycles. The summed E-state index contributed by atoms with van der Waals surface area (Å²) in [6.45, 7) is 1.50. The number of aliphatic hydroxyl groups excluding tert-OH is 1. The molecule has 0 aliphatic heterocycles. The van der Waals surface area contributed by atoms with Crippen LogP contribution in [-0.4, -0.2) is 32.3 Å². The number of aromatic carboxylic acids is 1. The highest BCUT2D eigenvalue weighted by molar-refractivity contribution is 9.10. The van der Waals surface area contributed by atoms with Gasteiger partial charge in [-0.15, -0.1) is 0 Å². The molecule has 0 fully saturated rings. The maximum absolute atomic E-state index is 10.7. The molecule has 1 rings (SSSR count). The Kier molecular flexibility index (Phi) is 3.77. The number of hydrogen-bond acceptors (Lipinski definition) is 4. The fourth-order valence-corrected chi connectivity index (χ4v) is 1.11. The minimum absolute atomic E-state index is 0.151. The highest BCUT2D eigenvalue weighted by Crippen LogP contribution is 2.10. The lowest BCUT2D eigenvalue weighted by Gasteiger charge is -1.97. The van der Waals surface area contributed by atoms with Gasteiger partial charge in [0, 0.05) is 0 Å². The molecule has 1 aromatic rings. The third-order valence-corrected chi connectivity index (χ3v) is 1.92. The number of aromatic nitrogens is 2. The summed E-state index contributed by atoms with van der Waals surface area (Å²) in [5.74, 6) is 3.77. The molecule has 78 valence electrons. The Bertz CT molecular complexity index is 448. The van der Waals surface area contributed by atoms with Crippen molar-refractivity contribution in [3.63, 3.8) is 0 Å². The fourth-order valence-electron chi connectivity index (χ4n) is 0.749. The second kappa shape index (κ2) is 4.87. The molecule has 2 N–H and O–H groups in total. The average Bonchev–Trinajstić information content (AvgIpc) is 2.16. The van der Waals surface area contributed by atoms with Crippen LogP contribution in [-0.2, 0) is 0 Å². The minimum atomic E-state index is -1.19. The third kappa shape index (κ3) is 3.31. The first kappa shape index (κ1) is 11.6. The van der Waals surface area contributed by atoms with Crippen molar-refractivity contribution in [2.24, 2.45) is 0 Å². The Morgan fingerprint density at radius 3 is 2.87 bits per heavy atom. The quantitative estimate of drug-likeness (QED) is 0.733. The Morgan fingerprint density at radius 1 is 1.67 bits per heavy atom. The zero-order chi connectivity index (χ0) is 11.4. The van der Waals surface area contributed by atoms with E-state index in [1.807, 2.05) is 0 Å². The Labute approximate surface area is 94.3 Å². The van der Waals surface area contributed by atoms with Crippen LogP contribution in [0.15, 0.2) is 10.8 Å². The molecule has 0 radical (unpaired) electrons. The normalized spacial score (nSPS) is 11.4. The van der Waals surface area contributed by atoms with Gasteiger partial charge in [0.25, 0.3) is 0 Å². The van der Waals surface area contributed by atoms with E-state index in [0.717, 1.165) is 0 Å². The predicted octanol–water partition coefficient (Wildman–Crippen LogP) is 0.670. The molecule has 0 aromatic carbocycles. The zero-order valence-corrected chi connectivity index (χ0v) is 9.32. The van der Waals surface area contributed by atoms with E-state index >= 15 is 0 Å². The van der Waals surface area contributed by atoms with Gasteiger partial charge < -0.3 is 10.2 Å². The van der Waals surface area contributed by atoms with Crippen molar-refractivity contribution >= 4 is 21.9 Å². The maximum Gasteiger partial charge on any atom is 0.357 e. The van der Waals surface area contributed by atoms with Crippen molar-refractivity contribution in [2.75, 3.05) is 0 Å². The number of carboxylic acid groups (broad SMARTS) is 1. The summed E-state index contributed by atoms with van der Waals surface area (Å²) in [4.78, 5) is 18.2. The molecule has 6 heteroatoms. The average molecular weight is 271 g/mol. The Hall–Kier alpha value is -1.45. The Morgan fingerprint density at radius 2 is 2.33 bits per heavy atom. The van der Waals surface area contributed by atoms with Crippen molar-refractivity contribution in [1.82, 2.24) is 9.97 Å². The molecule has 1 heterocycles. The summed E-state index contributed by atoms with van der Waals surface area (Å²) in [6.07, 6.45) is 0.537. The van der Waals surface area contributed by atoms with Crippen molar-refractivity contribution in [1.29, 1.82) is 0 Å². The summed E-state index contributed by atoms with van der Waals surface area (Å²) in [6, 6.07) is 0. The zero-order valence-electron chi connectivity index (χ0n) is 7.73. The van der Waals surface area contributed by atoms with Crippen LogP contribution >= 0.6 is 15.9 Å². The standard InChI is InChI=1S/C9H7BrN2O3/c1-5(13)2-3-6-4-11-8(10)7(12-6)9(14)15/h4-5,13H,1H3,(H,14,15)/t5-/m0/s1. The van der Waals surface area contributed by atoms with E-state index in [1.165, 1.54) is 13.1 Å². The van der Waals surface area contributed by atoms with Gasteiger partial charge >= 0.3 is 5.97 Å². The van der Waals surface area contributed by atoms with Crippen molar-refractivity contribution in [3.8, 4) is 11.8 Å². The lowest BCUT2D eigenvalue weighted by Crippen LogP contribution is -2.05. The molecule has 0 spiro atoms. The first-order valence-electron chi connectivity index (χ1n) is 3.96. The number of carboxylic acids is 1. The van der Waals surface area contributed by atoms with Gasteiger partial charge in [-0.05, 0) is 28.8 Å². The smallest absolute Gasteiger partial charge is 0.357 e. The van der Waals surface area contributed by atoms with Gasteiger partial charge in [0.2, 0.25) is 0 Å². The fraction of sp³-hybridized carbons (Fsp3) is 0.222. The molecular formula is C9H7BrN2O3. The first-order chi connectivity index (χ1) is 7.00. The minimum Gasteiger partial charge on any atom is -0.476 e. The van der Waals surface area contributed by atoms with Gasteiger partial charge in [-0.1, -0.05) is 5.92 Å². The lowest BCUT2D eigenvalue weighted by atomic mass is 10.3. The Balaban J connectivity index is 3.10. The second-order valence-electron chi connectivity index (χ2n) is 2.65. The summed E-state index contributed by atoms with van der Waals surface area (Å²) >= 11 is 2.96. The van der Waals surface area contributed by atoms with E-state index in [1.54, 1.807) is 0 Å². The first-order valence-corrected chi connectivity index (χ1v) is 4.75. The molecule has 0 unspecified atom stereocenters. The number of nitrogens with zero attached hydrogens (tertiary/aromatic N) is 2. The van der Waals surface area contributed by atoms with Gasteiger partial charge in [-0.25, -0.2) is 14.8 Å². The molecule has 0 amide bonds. The summed E-state index contributed by atoms with van der Waals surface area (Å²) in [5, 5.41) is 17.6. The molecule has 0 aliphatic rings. The topological polar surface area (TPSA) is 83.3 Å². The van der Waals surface area contributed by atoms with Gasteiger partial charge in [-0.2, -0.15) is 0 Å². The van der Waals surface area contributed by atoms with Crippen molar-refractivity contribution in [2.45, 2.75) is 13.0 Å². The number of rotatable bonds is 1. The monoisotopic (exact) mass is 270 g/mol. The molecule has 15 heavy (non-hydrogen) atoms. The van der Waals surface area contributed by atoms with Crippen LogP contribution in [0.3, 0.4) is 0 Å². The molecular weight excluding hydrogens is 264 g/mol. The van der Waals surface area contributed by atoms with Gasteiger partial charge in [0.1, 0.15) is 16.4 Å². The van der Waals surface area contributed by atoms with Crippen LogP contribution in [0.1, 0.15) is 23.1 Å². The SMILES string of the molecule is C[C@H](O)C#Cc1cnc(Br)c(C(=O)O)n1. The van der Waals surface area contributed by atoms with E-state index in [9.17, 15) is 4.79 Å². The van der Waals surface area contributed by atoms with Gasteiger partial charge in [0.05, 0.1) is 6.20 Å². The molecule has 0 aliphatic carbocycles. The van der Waals surface area contributed by atoms with Crippen molar-refractivity contribution in [3.05, 3.63) is 22.2 Å². The van der Waals surface area contributed by atoms with E-state index < -0.39 is 12.1 Å². The molecule has 0 saturated heterocycles. The number of hydrogen-bond donors (Lipinski definition) is 2. The highest BCUT2D eigenvalue weighted by Gasteiger charge is 2.11. The predicted molar refractivity (Wildman–Crippen MR) is 55.3 cm³/mol. The third-order valence-electron chi connectivity index (χ3n) is 1.34. The van der Waals surface area contributed by atoms with E-state index in [4.69, 9.17) is 10.2 Å². The molecule has 0 bridgehead atoms. The maximum atomic E-state index is 10.7. The molecule has 0 saturated carbocycles. The summed E-state index contributed by atoms with van der Waals surface area (Å²) < 4.78 is 0.151. The summed E-state index contributed by atoms with van der Waals surface area (Å²) in [5.41, 5.74) is 0.00360. The van der Waals surface area contributed by atoms with Crippen LogP contribution in [0.5, 0.6) is 0 Å². The van der Waals surface area contributed by atoms with E-state index in [2.05, 4.69) is 37.7 Å². The lowest BCUT2D eigenvalue weighted by molar-refractivity contribution is 0.0688. The van der Waals surface area contributed by atoms with E-state index in [0.29, 0.717) is 0 Å². The molecule has 1 atom stereocenters. The van der Waals surface area contributed by atoms with Crippen LogP contribution in [0.2, 0.25) is 0 Å². The molecule has 5 nitrogen and oxygen atoms in total. The number of halogens is 1. The van der Waals surface area contributed by atoms with Crippen LogP contribution in [0.4, 0.5) is 0 Å². The van der Waals surface area contributed by atoms with Crippen LogP contribution in [0, 0.1) is 11.8 Å². The van der Waals surface area contributed by atoms with Crippen LogP contribution in [0.25, 0.3) is 0 Å². The van der Waals surface area contributed by atoms with Gasteiger partial charge in [0.15, 0.2) is 5.69 Å². The number of carbonyl (C=O) groups is 1.